The van der Waals surface area contributed by atoms with Gasteiger partial charge in [0.15, 0.2) is 5.82 Å². The average Bonchev–Trinajstić information content (AvgIpc) is 3.06. The Kier molecular flexibility index (Phi) is 3.94. The second-order valence-electron chi connectivity index (χ2n) is 6.03. The highest BCUT2D eigenvalue weighted by Crippen LogP contribution is 2.36. The fourth-order valence-electron chi connectivity index (χ4n) is 3.02. The minimum absolute atomic E-state index is 0.225. The predicted octanol–water partition coefficient (Wildman–Crippen LogP) is 3.58. The van der Waals surface area contributed by atoms with Gasteiger partial charge >= 0.3 is 6.18 Å². The number of hydrogen-bond donors (Lipinski definition) is 2. The van der Waals surface area contributed by atoms with Gasteiger partial charge in [0.05, 0.1) is 22.5 Å². The van der Waals surface area contributed by atoms with Crippen molar-refractivity contribution < 1.29 is 22.4 Å². The Morgan fingerprint density at radius 1 is 1.07 bits per heavy atom. The quantitative estimate of drug-likeness (QED) is 0.672. The van der Waals surface area contributed by atoms with Crippen LogP contribution in [0.5, 0.6) is 0 Å². The number of H-pyrrole nitrogens is 1. The highest BCUT2D eigenvalue weighted by atomic mass is 19.4. The summed E-state index contributed by atoms with van der Waals surface area (Å²) in [6.07, 6.45) is -2.77. The third-order valence-corrected chi connectivity index (χ3v) is 4.26. The van der Waals surface area contributed by atoms with E-state index >= 15 is 0 Å². The second-order valence-corrected chi connectivity index (χ2v) is 6.03. The van der Waals surface area contributed by atoms with Gasteiger partial charge in [-0.1, -0.05) is 0 Å². The number of carbonyl (C=O) groups is 1. The van der Waals surface area contributed by atoms with Crippen molar-refractivity contribution in [3.05, 3.63) is 59.2 Å². The van der Waals surface area contributed by atoms with Crippen LogP contribution in [0.2, 0.25) is 0 Å². The van der Waals surface area contributed by atoms with Crippen molar-refractivity contribution in [3.63, 3.8) is 0 Å². The number of nitrogens with one attached hydrogen (secondary N) is 2. The molecule has 3 heterocycles. The first kappa shape index (κ1) is 17.2. The molecular weight excluding hydrogens is 364 g/mol. The highest BCUT2D eigenvalue weighted by molar-refractivity contribution is 5.97. The van der Waals surface area contributed by atoms with Gasteiger partial charge in [-0.3, -0.25) is 4.79 Å². The molecule has 5 nitrogen and oxygen atoms in total. The number of carbonyl (C=O) groups excluding carboxylic acids is 1. The lowest BCUT2D eigenvalue weighted by molar-refractivity contribution is -0.137. The molecule has 1 aromatic carbocycles. The number of hydrogen-bond acceptors (Lipinski definition) is 3. The summed E-state index contributed by atoms with van der Waals surface area (Å²) in [5, 5.41) is 2.71. The van der Waals surface area contributed by atoms with Crippen LogP contribution < -0.4 is 5.32 Å². The third-order valence-electron chi connectivity index (χ3n) is 4.26. The lowest BCUT2D eigenvalue weighted by Gasteiger charge is -2.12. The van der Waals surface area contributed by atoms with Gasteiger partial charge in [-0.2, -0.15) is 13.2 Å². The van der Waals surface area contributed by atoms with Crippen molar-refractivity contribution in [2.45, 2.75) is 12.6 Å². The van der Waals surface area contributed by atoms with Crippen LogP contribution in [0.1, 0.15) is 21.6 Å². The lowest BCUT2D eigenvalue weighted by Crippen LogP contribution is -2.31. The zero-order valence-corrected chi connectivity index (χ0v) is 13.7. The second kappa shape index (κ2) is 6.19. The smallest absolute Gasteiger partial charge is 0.356 e. The molecule has 2 N–H and O–H groups in total. The van der Waals surface area contributed by atoms with Crippen LogP contribution >= 0.6 is 0 Å². The van der Waals surface area contributed by atoms with Crippen LogP contribution in [-0.2, 0) is 12.6 Å². The largest absolute Gasteiger partial charge is 0.417 e. The molecule has 0 fully saturated rings. The number of alkyl halides is 3. The van der Waals surface area contributed by atoms with Gasteiger partial charge < -0.3 is 10.3 Å². The average molecular weight is 376 g/mol. The molecule has 27 heavy (non-hydrogen) atoms. The number of fused-ring (bicyclic) bond motifs is 1. The summed E-state index contributed by atoms with van der Waals surface area (Å²) >= 11 is 0. The van der Waals surface area contributed by atoms with E-state index in [0.29, 0.717) is 36.0 Å². The summed E-state index contributed by atoms with van der Waals surface area (Å²) in [6, 6.07) is 5.26. The van der Waals surface area contributed by atoms with E-state index in [1.807, 2.05) is 0 Å². The van der Waals surface area contributed by atoms with Crippen LogP contribution in [0.15, 0.2) is 36.5 Å². The SMILES string of the molecule is O=C1NCCc2[nH]c(-c3ccnc(-c4cc(F)ccc4C(F)(F)F)n3)cc21. The summed E-state index contributed by atoms with van der Waals surface area (Å²) in [5.74, 6) is -1.30. The molecule has 1 aliphatic rings. The first-order valence-electron chi connectivity index (χ1n) is 8.03. The summed E-state index contributed by atoms with van der Waals surface area (Å²) in [4.78, 5) is 23.0. The Bertz CT molecular complexity index is 1040. The maximum atomic E-state index is 13.6. The van der Waals surface area contributed by atoms with E-state index < -0.39 is 23.1 Å². The molecule has 0 atom stereocenters. The molecule has 138 valence electrons. The fourth-order valence-corrected chi connectivity index (χ4v) is 3.02. The molecule has 9 heteroatoms. The first-order valence-corrected chi connectivity index (χ1v) is 8.03. The summed E-state index contributed by atoms with van der Waals surface area (Å²) in [5.41, 5.74) is 0.517. The Balaban J connectivity index is 1.81. The number of rotatable bonds is 2. The van der Waals surface area contributed by atoms with Gasteiger partial charge in [-0.15, -0.1) is 0 Å². The van der Waals surface area contributed by atoms with Crippen LogP contribution in [-0.4, -0.2) is 27.4 Å². The van der Waals surface area contributed by atoms with Crippen molar-refractivity contribution in [1.29, 1.82) is 0 Å². The van der Waals surface area contributed by atoms with Gasteiger partial charge in [-0.25, -0.2) is 14.4 Å². The number of nitrogens with zero attached hydrogens (tertiary/aromatic N) is 2. The maximum absolute atomic E-state index is 13.6. The minimum atomic E-state index is -4.67. The van der Waals surface area contributed by atoms with Crippen molar-refractivity contribution in [2.75, 3.05) is 6.54 Å². The van der Waals surface area contributed by atoms with Crippen molar-refractivity contribution >= 4 is 5.91 Å². The first-order chi connectivity index (χ1) is 12.8. The number of amides is 1. The van der Waals surface area contributed by atoms with E-state index in [0.717, 1.165) is 17.8 Å². The standard InChI is InChI=1S/C18H12F4N4O/c19-9-1-2-12(18(20,21)22)10(7-9)16-23-5-4-14(26-16)15-8-11-13(25-15)3-6-24-17(11)27/h1-2,4-5,7-8,25H,3,6H2,(H,24,27). The van der Waals surface area contributed by atoms with E-state index in [9.17, 15) is 22.4 Å². The van der Waals surface area contributed by atoms with E-state index in [1.54, 1.807) is 6.07 Å². The molecule has 0 bridgehead atoms. The fraction of sp³-hybridized carbons (Fsp3) is 0.167. The molecule has 2 aromatic heterocycles. The number of aromatic nitrogens is 3. The Morgan fingerprint density at radius 2 is 1.89 bits per heavy atom. The van der Waals surface area contributed by atoms with Crippen molar-refractivity contribution in [2.24, 2.45) is 0 Å². The molecule has 4 rings (SSSR count). The number of halogens is 4. The van der Waals surface area contributed by atoms with E-state index in [-0.39, 0.29) is 11.7 Å². The topological polar surface area (TPSA) is 70.7 Å². The van der Waals surface area contributed by atoms with Crippen LogP contribution in [0.3, 0.4) is 0 Å². The van der Waals surface area contributed by atoms with Crippen LogP contribution in [0.4, 0.5) is 17.6 Å². The Morgan fingerprint density at radius 3 is 2.63 bits per heavy atom. The minimum Gasteiger partial charge on any atom is -0.356 e. The summed E-state index contributed by atoms with van der Waals surface area (Å²) in [7, 11) is 0. The molecule has 3 aromatic rings. The van der Waals surface area contributed by atoms with Gasteiger partial charge in [0, 0.05) is 30.4 Å². The highest BCUT2D eigenvalue weighted by Gasteiger charge is 2.34. The molecular formula is C18H12F4N4O. The zero-order chi connectivity index (χ0) is 19.2. The van der Waals surface area contributed by atoms with Gasteiger partial charge in [0.2, 0.25) is 0 Å². The molecule has 0 saturated carbocycles. The van der Waals surface area contributed by atoms with Crippen molar-refractivity contribution in [1.82, 2.24) is 20.3 Å². The normalized spacial score (nSPS) is 14.0. The molecule has 0 spiro atoms. The zero-order valence-electron chi connectivity index (χ0n) is 13.7. The van der Waals surface area contributed by atoms with Crippen LogP contribution in [0.25, 0.3) is 22.8 Å². The molecule has 0 aliphatic carbocycles. The predicted molar refractivity (Wildman–Crippen MR) is 88.3 cm³/mol. The van der Waals surface area contributed by atoms with Gasteiger partial charge in [0.1, 0.15) is 5.82 Å². The Labute approximate surface area is 150 Å². The van der Waals surface area contributed by atoms with E-state index in [4.69, 9.17) is 0 Å². The molecule has 1 amide bonds. The maximum Gasteiger partial charge on any atom is 0.417 e. The van der Waals surface area contributed by atoms with Gasteiger partial charge in [-0.05, 0) is 30.3 Å². The lowest BCUT2D eigenvalue weighted by atomic mass is 10.1. The molecule has 0 saturated heterocycles. The molecule has 1 aliphatic heterocycles. The monoisotopic (exact) mass is 376 g/mol. The van der Waals surface area contributed by atoms with Crippen LogP contribution in [0, 0.1) is 5.82 Å². The van der Waals surface area contributed by atoms with Gasteiger partial charge in [0.25, 0.3) is 5.91 Å². The molecule has 0 unspecified atom stereocenters. The summed E-state index contributed by atoms with van der Waals surface area (Å²) in [6.45, 7) is 0.499. The molecule has 0 radical (unpaired) electrons. The number of aromatic amines is 1. The number of benzene rings is 1. The van der Waals surface area contributed by atoms with E-state index in [2.05, 4.69) is 20.3 Å². The summed E-state index contributed by atoms with van der Waals surface area (Å²) < 4.78 is 53.3. The Hall–Kier alpha value is -3.23. The third kappa shape index (κ3) is 3.16. The van der Waals surface area contributed by atoms with Crippen molar-refractivity contribution in [3.8, 4) is 22.8 Å². The van der Waals surface area contributed by atoms with E-state index in [1.165, 1.54) is 12.3 Å².